The largest absolute Gasteiger partial charge is 0.218 e. The first-order chi connectivity index (χ1) is 7.45. The number of rotatable bonds is 2. The van der Waals surface area contributed by atoms with Crippen molar-refractivity contribution in [2.24, 2.45) is 0 Å². The molecule has 0 N–H and O–H groups in total. The highest BCUT2D eigenvalue weighted by Gasteiger charge is 2.39. The fourth-order valence-corrected chi connectivity index (χ4v) is 17.6. The molecule has 0 amide bonds. The van der Waals surface area contributed by atoms with E-state index in [2.05, 4.69) is 58.8 Å². The minimum atomic E-state index is 0.327. The lowest BCUT2D eigenvalue weighted by atomic mass is 10.9. The van der Waals surface area contributed by atoms with Crippen LogP contribution in [0, 0.1) is 0 Å². The molecule has 0 aliphatic carbocycles. The lowest BCUT2D eigenvalue weighted by Gasteiger charge is -2.30. The summed E-state index contributed by atoms with van der Waals surface area (Å²) in [7, 11) is 0.327. The van der Waals surface area contributed by atoms with E-state index in [0.717, 1.165) is 13.1 Å². The van der Waals surface area contributed by atoms with Gasteiger partial charge in [0.25, 0.3) is 0 Å². The van der Waals surface area contributed by atoms with E-state index in [1.165, 1.54) is 28.8 Å². The zero-order valence-corrected chi connectivity index (χ0v) is 13.4. The summed E-state index contributed by atoms with van der Waals surface area (Å²) in [4.78, 5) is 0. The molecule has 15 heavy (non-hydrogen) atoms. The first-order valence-corrected chi connectivity index (χ1v) is 12.2. The van der Waals surface area contributed by atoms with Crippen LogP contribution in [0.3, 0.4) is 0 Å². The van der Waals surface area contributed by atoms with E-state index < -0.39 is 0 Å². The highest BCUT2D eigenvalue weighted by molar-refractivity contribution is 8.45. The number of thiol groups is 1. The SMILES string of the molecule is C1CSC(C2SCC[SH]2C2SCCS2)S1. The van der Waals surface area contributed by atoms with E-state index in [-0.39, 0.29) is 0 Å². The third-order valence-electron chi connectivity index (χ3n) is 2.72. The van der Waals surface area contributed by atoms with Crippen molar-refractivity contribution in [1.29, 1.82) is 0 Å². The van der Waals surface area contributed by atoms with Gasteiger partial charge in [-0.3, -0.25) is 0 Å². The van der Waals surface area contributed by atoms with E-state index in [0.29, 0.717) is 10.9 Å². The average Bonchev–Trinajstić information content (AvgIpc) is 3.01. The third kappa shape index (κ3) is 2.75. The molecule has 3 saturated heterocycles. The highest BCUT2D eigenvalue weighted by Crippen LogP contribution is 2.62. The van der Waals surface area contributed by atoms with Crippen LogP contribution < -0.4 is 0 Å². The first kappa shape index (κ1) is 12.2. The standard InChI is InChI=1S/C9H16S6/c1-2-11-7(10-1)8-12-5-6-15(8)9-13-3-4-14-9/h7-9,15H,1-6H2. The van der Waals surface area contributed by atoms with Crippen molar-refractivity contribution in [1.82, 2.24) is 0 Å². The molecular formula is C9H16S6. The second kappa shape index (κ2) is 5.83. The summed E-state index contributed by atoms with van der Waals surface area (Å²) in [6.07, 6.45) is 0. The maximum Gasteiger partial charge on any atom is 0.0793 e. The summed E-state index contributed by atoms with van der Waals surface area (Å²) in [5, 5.41) is 0. The molecule has 6 heteroatoms. The Labute approximate surface area is 116 Å². The highest BCUT2D eigenvalue weighted by atomic mass is 32.3. The van der Waals surface area contributed by atoms with Crippen molar-refractivity contribution in [3.05, 3.63) is 0 Å². The van der Waals surface area contributed by atoms with Crippen LogP contribution in [0.2, 0.25) is 0 Å². The van der Waals surface area contributed by atoms with E-state index in [1.54, 1.807) is 5.75 Å². The number of thioether (sulfide) groups is 5. The Morgan fingerprint density at radius 1 is 0.733 bits per heavy atom. The Hall–Kier alpha value is 2.10. The molecule has 0 aromatic carbocycles. The third-order valence-corrected chi connectivity index (χ3v) is 16.5. The van der Waals surface area contributed by atoms with E-state index >= 15 is 0 Å². The van der Waals surface area contributed by atoms with Gasteiger partial charge in [-0.05, 0) is 5.75 Å². The topological polar surface area (TPSA) is 0 Å². The van der Waals surface area contributed by atoms with Gasteiger partial charge in [0, 0.05) is 28.8 Å². The average molecular weight is 317 g/mol. The monoisotopic (exact) mass is 316 g/mol. The van der Waals surface area contributed by atoms with E-state index in [1.807, 2.05) is 0 Å². The Morgan fingerprint density at radius 3 is 2.13 bits per heavy atom. The van der Waals surface area contributed by atoms with Gasteiger partial charge in [-0.2, -0.15) is 0 Å². The first-order valence-electron chi connectivity index (χ1n) is 5.29. The quantitative estimate of drug-likeness (QED) is 0.770. The maximum atomic E-state index is 2.30. The van der Waals surface area contributed by atoms with Crippen LogP contribution in [-0.2, 0) is 0 Å². The summed E-state index contributed by atoms with van der Waals surface area (Å²) in [6, 6.07) is 0. The molecule has 3 heterocycles. The molecule has 88 valence electrons. The second-order valence-corrected chi connectivity index (χ2v) is 14.0. The molecule has 0 aromatic rings. The van der Waals surface area contributed by atoms with Crippen molar-refractivity contribution in [3.8, 4) is 0 Å². The molecule has 0 radical (unpaired) electrons. The predicted octanol–water partition coefficient (Wildman–Crippen LogP) is 3.63. The molecule has 0 nitrogen and oxygen atoms in total. The number of hydrogen-bond donors (Lipinski definition) is 1. The van der Waals surface area contributed by atoms with Crippen molar-refractivity contribution in [2.75, 3.05) is 34.5 Å². The lowest BCUT2D eigenvalue weighted by molar-refractivity contribution is 1.37. The van der Waals surface area contributed by atoms with Crippen LogP contribution in [0.4, 0.5) is 0 Å². The van der Waals surface area contributed by atoms with Crippen LogP contribution in [-0.4, -0.2) is 47.6 Å². The van der Waals surface area contributed by atoms with Gasteiger partial charge in [-0.1, -0.05) is 0 Å². The van der Waals surface area contributed by atoms with Crippen LogP contribution >= 0.6 is 69.7 Å². The molecule has 3 rings (SSSR count). The second-order valence-electron chi connectivity index (χ2n) is 3.66. The van der Waals surface area contributed by atoms with Gasteiger partial charge in [0.1, 0.15) is 0 Å². The Balaban J connectivity index is 1.65. The molecule has 0 aromatic heterocycles. The van der Waals surface area contributed by atoms with E-state index in [9.17, 15) is 0 Å². The van der Waals surface area contributed by atoms with Crippen LogP contribution in [0.15, 0.2) is 0 Å². The maximum absolute atomic E-state index is 2.30. The lowest BCUT2D eigenvalue weighted by Crippen LogP contribution is -2.15. The minimum absolute atomic E-state index is 0.327. The minimum Gasteiger partial charge on any atom is -0.218 e. The molecular weight excluding hydrogens is 301 g/mol. The van der Waals surface area contributed by atoms with Crippen LogP contribution in [0.1, 0.15) is 0 Å². The zero-order valence-electron chi connectivity index (χ0n) is 8.46. The smallest absolute Gasteiger partial charge is 0.0793 e. The summed E-state index contributed by atoms with van der Waals surface area (Å²) in [5.41, 5.74) is 0. The van der Waals surface area contributed by atoms with Crippen LogP contribution in [0.25, 0.3) is 0 Å². The van der Waals surface area contributed by atoms with Gasteiger partial charge in [0.05, 0.1) is 13.1 Å². The molecule has 3 aliphatic heterocycles. The molecule has 2 atom stereocenters. The fraction of sp³-hybridized carbons (Fsp3) is 1.00. The van der Waals surface area contributed by atoms with Gasteiger partial charge in [0.15, 0.2) is 0 Å². The van der Waals surface area contributed by atoms with Gasteiger partial charge in [-0.15, -0.1) is 58.8 Å². The Morgan fingerprint density at radius 2 is 1.40 bits per heavy atom. The molecule has 0 bridgehead atoms. The summed E-state index contributed by atoms with van der Waals surface area (Å²) in [5.74, 6) is 8.63. The van der Waals surface area contributed by atoms with Crippen molar-refractivity contribution in [2.45, 2.75) is 13.1 Å². The fourth-order valence-electron chi connectivity index (χ4n) is 2.04. The van der Waals surface area contributed by atoms with E-state index in [4.69, 9.17) is 0 Å². The summed E-state index contributed by atoms with van der Waals surface area (Å²) < 4.78 is 2.98. The van der Waals surface area contributed by atoms with Crippen LogP contribution in [0.5, 0.6) is 0 Å². The van der Waals surface area contributed by atoms with Gasteiger partial charge in [0.2, 0.25) is 0 Å². The Kier molecular flexibility index (Phi) is 4.72. The van der Waals surface area contributed by atoms with Crippen molar-refractivity contribution < 1.29 is 0 Å². The Bertz CT molecular complexity index is 189. The normalized spacial score (nSPS) is 41.6. The van der Waals surface area contributed by atoms with Gasteiger partial charge in [-0.25, -0.2) is 10.9 Å². The number of hydrogen-bond acceptors (Lipinski definition) is 5. The zero-order chi connectivity index (χ0) is 10.1. The van der Waals surface area contributed by atoms with Crippen molar-refractivity contribution in [3.63, 3.8) is 0 Å². The molecule has 0 saturated carbocycles. The van der Waals surface area contributed by atoms with Crippen molar-refractivity contribution >= 4 is 69.7 Å². The summed E-state index contributed by atoms with van der Waals surface area (Å²) >= 11 is 11.3. The van der Waals surface area contributed by atoms with Gasteiger partial charge >= 0.3 is 0 Å². The molecule has 2 unspecified atom stereocenters. The molecule has 3 fully saturated rings. The predicted molar refractivity (Wildman–Crippen MR) is 87.5 cm³/mol. The summed E-state index contributed by atoms with van der Waals surface area (Å²) in [6.45, 7) is 0. The molecule has 3 aliphatic rings. The van der Waals surface area contributed by atoms with Gasteiger partial charge < -0.3 is 0 Å². The molecule has 0 spiro atoms.